The lowest BCUT2D eigenvalue weighted by molar-refractivity contribution is -0.384. The molecular weight excluding hydrogens is 363 g/mol. The van der Waals surface area contributed by atoms with E-state index in [0.717, 1.165) is 5.69 Å². The third kappa shape index (κ3) is 4.67. The molecule has 0 aliphatic rings. The van der Waals surface area contributed by atoms with Crippen molar-refractivity contribution >= 4 is 23.5 Å². The molecule has 2 aromatic carbocycles. The van der Waals surface area contributed by atoms with Crippen molar-refractivity contribution in [3.05, 3.63) is 93.4 Å². The second-order valence-electron chi connectivity index (χ2n) is 6.09. The zero-order valence-electron chi connectivity index (χ0n) is 15.0. The molecule has 3 aromatic rings. The van der Waals surface area contributed by atoms with Gasteiger partial charge in [-0.05, 0) is 24.6 Å². The second kappa shape index (κ2) is 8.26. The van der Waals surface area contributed by atoms with Gasteiger partial charge in [0.2, 0.25) is 5.91 Å². The molecule has 0 radical (unpaired) electrons. The number of carbonyl (C=O) groups excluding carboxylic acids is 1. The lowest BCUT2D eigenvalue weighted by Gasteiger charge is -2.05. The molecule has 1 amide bonds. The molecule has 3 rings (SSSR count). The van der Waals surface area contributed by atoms with Crippen LogP contribution in [0.5, 0.6) is 0 Å². The number of nitro groups is 1. The minimum Gasteiger partial charge on any atom is -0.306 e. The Morgan fingerprint density at radius 3 is 2.79 bits per heavy atom. The van der Waals surface area contributed by atoms with Crippen LogP contribution in [0.15, 0.2) is 60.7 Å². The predicted octanol–water partition coefficient (Wildman–Crippen LogP) is 3.94. The Balaban J connectivity index is 1.67. The van der Waals surface area contributed by atoms with Crippen molar-refractivity contribution in [1.29, 1.82) is 0 Å². The van der Waals surface area contributed by atoms with Crippen LogP contribution >= 0.6 is 0 Å². The number of nitrogens with one attached hydrogen (secondary N) is 1. The maximum Gasteiger partial charge on any atom is 0.270 e. The molecule has 0 saturated heterocycles. The summed E-state index contributed by atoms with van der Waals surface area (Å²) in [5.41, 5.74) is 1.74. The van der Waals surface area contributed by atoms with Gasteiger partial charge < -0.3 is 5.32 Å². The number of benzene rings is 2. The van der Waals surface area contributed by atoms with Crippen LogP contribution in [-0.4, -0.2) is 20.6 Å². The highest BCUT2D eigenvalue weighted by atomic mass is 19.1. The van der Waals surface area contributed by atoms with Gasteiger partial charge in [0.05, 0.1) is 11.5 Å². The normalized spacial score (nSPS) is 10.9. The van der Waals surface area contributed by atoms with E-state index < -0.39 is 10.8 Å². The largest absolute Gasteiger partial charge is 0.306 e. The number of non-ortho nitro benzene ring substituents is 1. The summed E-state index contributed by atoms with van der Waals surface area (Å²) in [6, 6.07) is 14.1. The summed E-state index contributed by atoms with van der Waals surface area (Å²) in [7, 11) is 0. The Kier molecular flexibility index (Phi) is 5.59. The highest BCUT2D eigenvalue weighted by Crippen LogP contribution is 2.15. The van der Waals surface area contributed by atoms with Crippen LogP contribution in [0.2, 0.25) is 0 Å². The first-order chi connectivity index (χ1) is 13.4. The van der Waals surface area contributed by atoms with Gasteiger partial charge in [-0.1, -0.05) is 30.3 Å². The third-order valence-electron chi connectivity index (χ3n) is 4.02. The molecular formula is C20H17FN4O3. The van der Waals surface area contributed by atoms with E-state index in [1.807, 2.05) is 6.92 Å². The van der Waals surface area contributed by atoms with Gasteiger partial charge in [0, 0.05) is 35.5 Å². The molecule has 0 bridgehead atoms. The van der Waals surface area contributed by atoms with Crippen molar-refractivity contribution in [3.63, 3.8) is 0 Å². The van der Waals surface area contributed by atoms with Gasteiger partial charge in [0.25, 0.3) is 5.69 Å². The molecule has 0 atom stereocenters. The van der Waals surface area contributed by atoms with Crippen LogP contribution in [0.3, 0.4) is 0 Å². The van der Waals surface area contributed by atoms with E-state index >= 15 is 0 Å². The van der Waals surface area contributed by atoms with Gasteiger partial charge in [-0.25, -0.2) is 4.39 Å². The predicted molar refractivity (Wildman–Crippen MR) is 103 cm³/mol. The topological polar surface area (TPSA) is 90.1 Å². The summed E-state index contributed by atoms with van der Waals surface area (Å²) in [6.45, 7) is 2.06. The molecule has 0 unspecified atom stereocenters. The maximum atomic E-state index is 13.8. The Hall–Kier alpha value is -3.81. The first-order valence-corrected chi connectivity index (χ1v) is 8.44. The van der Waals surface area contributed by atoms with Crippen LogP contribution in [-0.2, 0) is 11.3 Å². The van der Waals surface area contributed by atoms with Crippen molar-refractivity contribution in [2.45, 2.75) is 13.5 Å². The van der Waals surface area contributed by atoms with Crippen molar-refractivity contribution in [2.75, 3.05) is 5.32 Å². The lowest BCUT2D eigenvalue weighted by atomic mass is 10.2. The van der Waals surface area contributed by atoms with Crippen molar-refractivity contribution in [2.24, 2.45) is 0 Å². The van der Waals surface area contributed by atoms with E-state index in [-0.39, 0.29) is 18.0 Å². The summed E-state index contributed by atoms with van der Waals surface area (Å²) in [5.74, 6) is -0.410. The van der Waals surface area contributed by atoms with Gasteiger partial charge >= 0.3 is 0 Å². The number of amides is 1. The second-order valence-corrected chi connectivity index (χ2v) is 6.09. The van der Waals surface area contributed by atoms with Crippen molar-refractivity contribution in [3.8, 4) is 0 Å². The Morgan fingerprint density at radius 1 is 1.25 bits per heavy atom. The Bertz CT molecular complexity index is 1060. The van der Waals surface area contributed by atoms with Crippen LogP contribution < -0.4 is 5.32 Å². The molecule has 0 fully saturated rings. The summed E-state index contributed by atoms with van der Waals surface area (Å²) >= 11 is 0. The van der Waals surface area contributed by atoms with Gasteiger partial charge in [0.15, 0.2) is 5.82 Å². The number of nitro benzene ring substituents is 1. The maximum absolute atomic E-state index is 13.8. The third-order valence-corrected chi connectivity index (χ3v) is 4.02. The molecule has 0 aliphatic heterocycles. The Labute approximate surface area is 160 Å². The number of anilines is 1. The number of aryl methyl sites for hydroxylation is 1. The Morgan fingerprint density at radius 2 is 2.04 bits per heavy atom. The highest BCUT2D eigenvalue weighted by molar-refractivity contribution is 6.01. The minimum atomic E-state index is -0.498. The zero-order valence-corrected chi connectivity index (χ0v) is 15.0. The van der Waals surface area contributed by atoms with E-state index in [1.54, 1.807) is 41.1 Å². The quantitative estimate of drug-likeness (QED) is 0.398. The number of hydrogen-bond donors (Lipinski definition) is 1. The van der Waals surface area contributed by atoms with Gasteiger partial charge in [0.1, 0.15) is 5.82 Å². The van der Waals surface area contributed by atoms with Crippen molar-refractivity contribution < 1.29 is 14.1 Å². The smallest absolute Gasteiger partial charge is 0.270 e. The molecule has 0 spiro atoms. The van der Waals surface area contributed by atoms with Gasteiger partial charge in [-0.15, -0.1) is 0 Å². The highest BCUT2D eigenvalue weighted by Gasteiger charge is 2.09. The average molecular weight is 380 g/mol. The molecule has 1 N–H and O–H groups in total. The van der Waals surface area contributed by atoms with E-state index in [1.165, 1.54) is 30.4 Å². The molecule has 8 heteroatoms. The fourth-order valence-corrected chi connectivity index (χ4v) is 2.60. The summed E-state index contributed by atoms with van der Waals surface area (Å²) < 4.78 is 15.4. The fourth-order valence-electron chi connectivity index (χ4n) is 2.60. The summed E-state index contributed by atoms with van der Waals surface area (Å²) in [5, 5.41) is 17.7. The molecule has 0 aliphatic carbocycles. The van der Waals surface area contributed by atoms with Gasteiger partial charge in [-0.3, -0.25) is 19.6 Å². The summed E-state index contributed by atoms with van der Waals surface area (Å²) in [6.07, 6.45) is 2.75. The first kappa shape index (κ1) is 19.0. The SMILES string of the molecule is Cc1cc(NC(=O)/C=C/c2cccc([N+](=O)[O-])c2)nn1Cc1ccccc1F. The van der Waals surface area contributed by atoms with Crippen LogP contribution in [0.4, 0.5) is 15.9 Å². The number of carbonyl (C=O) groups is 1. The van der Waals surface area contributed by atoms with E-state index in [4.69, 9.17) is 0 Å². The number of halogens is 1. The minimum absolute atomic E-state index is 0.0509. The molecule has 142 valence electrons. The van der Waals surface area contributed by atoms with E-state index in [0.29, 0.717) is 16.9 Å². The van der Waals surface area contributed by atoms with Crippen LogP contribution in [0, 0.1) is 22.9 Å². The van der Waals surface area contributed by atoms with Crippen molar-refractivity contribution in [1.82, 2.24) is 9.78 Å². The van der Waals surface area contributed by atoms with E-state index in [2.05, 4.69) is 10.4 Å². The molecule has 1 heterocycles. The van der Waals surface area contributed by atoms with Crippen LogP contribution in [0.1, 0.15) is 16.8 Å². The van der Waals surface area contributed by atoms with E-state index in [9.17, 15) is 19.3 Å². The molecule has 0 saturated carbocycles. The lowest BCUT2D eigenvalue weighted by Crippen LogP contribution is -2.10. The number of nitrogens with zero attached hydrogens (tertiary/aromatic N) is 3. The monoisotopic (exact) mass is 380 g/mol. The zero-order chi connectivity index (χ0) is 20.1. The standard InChI is InChI=1S/C20H17FN4O3/c1-14-11-19(23-24(14)13-16-6-2-3-8-18(16)21)22-20(26)10-9-15-5-4-7-17(12-15)25(27)28/h2-12H,13H2,1H3,(H,22,23,26)/b10-9+. The molecule has 28 heavy (non-hydrogen) atoms. The first-order valence-electron chi connectivity index (χ1n) is 8.44. The number of rotatable bonds is 6. The van der Waals surface area contributed by atoms with Crippen LogP contribution in [0.25, 0.3) is 6.08 Å². The average Bonchev–Trinajstić information content (AvgIpc) is 3.01. The van der Waals surface area contributed by atoms with Gasteiger partial charge in [-0.2, -0.15) is 5.10 Å². The number of aromatic nitrogens is 2. The molecule has 1 aromatic heterocycles. The number of hydrogen-bond acceptors (Lipinski definition) is 4. The fraction of sp³-hybridized carbons (Fsp3) is 0.100. The summed E-state index contributed by atoms with van der Waals surface area (Å²) in [4.78, 5) is 22.4. The molecule has 7 nitrogen and oxygen atoms in total.